The number of phenols is 1. The van der Waals surface area contributed by atoms with E-state index in [0.717, 1.165) is 53.5 Å². The molecule has 11 heteroatoms. The Balaban J connectivity index is 1.34. The molecule has 0 spiro atoms. The molecule has 3 aliphatic rings. The van der Waals surface area contributed by atoms with Crippen LogP contribution in [0.1, 0.15) is 33.6 Å². The predicted molar refractivity (Wildman–Crippen MR) is 181 cm³/mol. The van der Waals surface area contributed by atoms with Gasteiger partial charge in [0, 0.05) is 43.2 Å². The Morgan fingerprint density at radius 2 is 1.64 bits per heavy atom. The Morgan fingerprint density at radius 1 is 0.956 bits per heavy atom. The van der Waals surface area contributed by atoms with Gasteiger partial charge in [-0.3, -0.25) is 4.90 Å². The third-order valence-electron chi connectivity index (χ3n) is 9.23. The van der Waals surface area contributed by atoms with Crippen LogP contribution in [-0.4, -0.2) is 95.0 Å². The highest BCUT2D eigenvalue weighted by Crippen LogP contribution is 2.46. The second-order valence-electron chi connectivity index (χ2n) is 13.7. The predicted octanol–water partition coefficient (Wildman–Crippen LogP) is 6.80. The summed E-state index contributed by atoms with van der Waals surface area (Å²) >= 11 is 14.4. The number of carbonyl (C=O) groups excluding carboxylic acids is 1. The average molecular weight is 650 g/mol. The number of hydrogen-bond donors (Lipinski definition) is 1. The zero-order valence-electron chi connectivity index (χ0n) is 26.2. The number of aromatic nitrogens is 2. The fourth-order valence-corrected chi connectivity index (χ4v) is 7.63. The number of hydrogen-bond acceptors (Lipinski definition) is 8. The Kier molecular flexibility index (Phi) is 7.41. The van der Waals surface area contributed by atoms with Crippen LogP contribution in [0.2, 0.25) is 10.0 Å². The first-order valence-corrected chi connectivity index (χ1v) is 16.2. The van der Waals surface area contributed by atoms with Gasteiger partial charge in [-0.25, -0.2) is 9.78 Å². The fraction of sp³-hybridized carbons (Fsp3) is 0.441. The summed E-state index contributed by atoms with van der Waals surface area (Å²) in [5.74, 6) is 1.52. The van der Waals surface area contributed by atoms with E-state index in [9.17, 15) is 9.90 Å². The zero-order chi connectivity index (χ0) is 31.8. The van der Waals surface area contributed by atoms with E-state index in [1.54, 1.807) is 12.1 Å². The van der Waals surface area contributed by atoms with Crippen molar-refractivity contribution in [3.63, 3.8) is 0 Å². The topological polar surface area (TPSA) is 85.3 Å². The molecule has 3 aromatic carbocycles. The first-order chi connectivity index (χ1) is 21.4. The highest BCUT2D eigenvalue weighted by atomic mass is 35.5. The van der Waals surface area contributed by atoms with Gasteiger partial charge in [0.25, 0.3) is 0 Å². The number of anilines is 2. The molecular weight excluding hydrogens is 611 g/mol. The minimum absolute atomic E-state index is 0.0121. The zero-order valence-corrected chi connectivity index (χ0v) is 27.7. The molecule has 1 aromatic heterocycles. The van der Waals surface area contributed by atoms with Gasteiger partial charge in [-0.05, 0) is 82.2 Å². The normalized spacial score (nSPS) is 20.4. The lowest BCUT2D eigenvalue weighted by Gasteiger charge is -2.44. The number of likely N-dealkylation sites (N-methyl/N-ethyl adjacent to an activating group) is 1. The summed E-state index contributed by atoms with van der Waals surface area (Å²) in [6.45, 7) is 8.56. The molecule has 0 radical (unpaired) electrons. The average Bonchev–Trinajstić information content (AvgIpc) is 3.20. The monoisotopic (exact) mass is 648 g/mol. The van der Waals surface area contributed by atoms with Gasteiger partial charge in [-0.2, -0.15) is 4.98 Å². The van der Waals surface area contributed by atoms with E-state index < -0.39 is 5.60 Å². The molecule has 0 aliphatic carbocycles. The maximum atomic E-state index is 13.2. The molecule has 4 heterocycles. The van der Waals surface area contributed by atoms with Crippen molar-refractivity contribution in [3.05, 3.63) is 52.5 Å². The van der Waals surface area contributed by atoms with Crippen LogP contribution in [0, 0.1) is 0 Å². The first-order valence-electron chi connectivity index (χ1n) is 15.5. The molecule has 1 amide bonds. The lowest BCUT2D eigenvalue weighted by Crippen LogP contribution is -2.58. The molecule has 2 bridgehead atoms. The van der Waals surface area contributed by atoms with Crippen molar-refractivity contribution in [1.29, 1.82) is 0 Å². The van der Waals surface area contributed by atoms with Gasteiger partial charge in [0.1, 0.15) is 17.2 Å². The van der Waals surface area contributed by atoms with Crippen molar-refractivity contribution in [2.45, 2.75) is 57.3 Å². The van der Waals surface area contributed by atoms with E-state index in [1.807, 2.05) is 56.0 Å². The van der Waals surface area contributed by atoms with Crippen LogP contribution in [0.25, 0.3) is 32.8 Å². The minimum atomic E-state index is -0.556. The first kappa shape index (κ1) is 30.1. The number of benzene rings is 3. The summed E-state index contributed by atoms with van der Waals surface area (Å²) in [4.78, 5) is 31.9. The van der Waals surface area contributed by atoms with Crippen LogP contribution >= 0.6 is 23.2 Å². The third kappa shape index (κ3) is 5.38. The summed E-state index contributed by atoms with van der Waals surface area (Å²) < 4.78 is 5.78. The highest BCUT2D eigenvalue weighted by molar-refractivity contribution is 6.43. The number of nitrogens with zero attached hydrogens (tertiary/aromatic N) is 6. The number of amides is 1. The van der Waals surface area contributed by atoms with Crippen LogP contribution in [0.4, 0.5) is 16.6 Å². The second-order valence-corrected chi connectivity index (χ2v) is 14.5. The third-order valence-corrected chi connectivity index (χ3v) is 9.89. The highest BCUT2D eigenvalue weighted by Gasteiger charge is 2.45. The number of ether oxygens (including phenoxy) is 1. The summed E-state index contributed by atoms with van der Waals surface area (Å²) in [6.07, 6.45) is 1.55. The summed E-state index contributed by atoms with van der Waals surface area (Å²) in [5, 5.41) is 14.1. The van der Waals surface area contributed by atoms with E-state index in [4.69, 9.17) is 37.9 Å². The Labute approximate surface area is 273 Å². The summed E-state index contributed by atoms with van der Waals surface area (Å²) in [7, 11) is 4.17. The van der Waals surface area contributed by atoms with Crippen molar-refractivity contribution >= 4 is 62.7 Å². The van der Waals surface area contributed by atoms with Gasteiger partial charge in [0.15, 0.2) is 0 Å². The number of aromatic hydroxyl groups is 1. The van der Waals surface area contributed by atoms with Crippen LogP contribution in [0.3, 0.4) is 0 Å². The lowest BCUT2D eigenvalue weighted by atomic mass is 9.96. The molecule has 9 nitrogen and oxygen atoms in total. The summed E-state index contributed by atoms with van der Waals surface area (Å²) in [5.41, 5.74) is 1.42. The molecule has 3 saturated heterocycles. The molecule has 2 unspecified atom stereocenters. The largest absolute Gasteiger partial charge is 0.508 e. The van der Waals surface area contributed by atoms with Crippen molar-refractivity contribution < 1.29 is 14.6 Å². The van der Waals surface area contributed by atoms with Gasteiger partial charge < -0.3 is 24.5 Å². The van der Waals surface area contributed by atoms with Crippen molar-refractivity contribution in [3.8, 4) is 16.9 Å². The number of fused-ring (bicyclic) bond motifs is 4. The second kappa shape index (κ2) is 11.1. The van der Waals surface area contributed by atoms with E-state index >= 15 is 0 Å². The van der Waals surface area contributed by atoms with Crippen LogP contribution in [0.5, 0.6) is 5.75 Å². The van der Waals surface area contributed by atoms with Gasteiger partial charge in [0.05, 0.1) is 27.6 Å². The Bertz CT molecular complexity index is 1810. The van der Waals surface area contributed by atoms with E-state index in [0.29, 0.717) is 46.2 Å². The molecule has 7 rings (SSSR count). The van der Waals surface area contributed by atoms with Gasteiger partial charge in [-0.1, -0.05) is 47.5 Å². The van der Waals surface area contributed by atoms with Crippen molar-refractivity contribution in [2.24, 2.45) is 0 Å². The number of phenolic OH excluding ortho intramolecular Hbond substituents is 1. The van der Waals surface area contributed by atoms with Crippen molar-refractivity contribution in [1.82, 2.24) is 19.8 Å². The van der Waals surface area contributed by atoms with Gasteiger partial charge in [-0.15, -0.1) is 0 Å². The number of piperazine rings is 1. The van der Waals surface area contributed by atoms with Gasteiger partial charge >= 0.3 is 6.09 Å². The van der Waals surface area contributed by atoms with Crippen LogP contribution < -0.4 is 9.80 Å². The quantitative estimate of drug-likeness (QED) is 0.259. The molecular formula is C34H38Cl2N6O3. The maximum Gasteiger partial charge on any atom is 0.410 e. The summed E-state index contributed by atoms with van der Waals surface area (Å²) in [6, 6.07) is 13.6. The standard InChI is InChI=1S/C34H38Cl2N6O3/c1-34(2,3)45-33(44)42-20-10-11-21(42)16-40(15-20)31-26-14-27(35)28(25-13-23(43)12-19-8-6-7-9-24(19)25)29(36)30(26)37-32(38-31)41-17-22(18-41)39(4)5/h6-9,12-14,20-22,43H,10-11,15-18H2,1-5H3. The van der Waals surface area contributed by atoms with Crippen LogP contribution in [0.15, 0.2) is 42.5 Å². The molecule has 236 valence electrons. The molecule has 0 saturated carbocycles. The molecule has 4 aromatic rings. The molecule has 45 heavy (non-hydrogen) atoms. The van der Waals surface area contributed by atoms with E-state index in [1.165, 1.54) is 0 Å². The van der Waals surface area contributed by atoms with Gasteiger partial charge in [0.2, 0.25) is 5.95 Å². The van der Waals surface area contributed by atoms with Crippen LogP contribution in [-0.2, 0) is 4.74 Å². The molecule has 3 aliphatic heterocycles. The van der Waals surface area contributed by atoms with Crippen molar-refractivity contribution in [2.75, 3.05) is 50.1 Å². The maximum absolute atomic E-state index is 13.2. The number of halogens is 2. The fourth-order valence-electron chi connectivity index (χ4n) is 6.93. The molecule has 1 N–H and O–H groups in total. The SMILES string of the molecule is CN(C)C1CN(c2nc(N3CC4CCC(C3)N4C(=O)OC(C)(C)C)c3cc(Cl)c(-c4cc(O)cc5ccccc45)c(Cl)c3n2)C1. The number of carbonyl (C=O) groups is 1. The minimum Gasteiger partial charge on any atom is -0.508 e. The Morgan fingerprint density at radius 3 is 2.31 bits per heavy atom. The molecule has 3 fully saturated rings. The number of rotatable bonds is 4. The Hall–Kier alpha value is -3.53. The lowest BCUT2D eigenvalue weighted by molar-refractivity contribution is 0.0123. The van der Waals surface area contributed by atoms with E-state index in [-0.39, 0.29) is 23.9 Å². The smallest absolute Gasteiger partial charge is 0.410 e. The van der Waals surface area contributed by atoms with E-state index in [2.05, 4.69) is 28.8 Å². The molecule has 2 atom stereocenters.